The van der Waals surface area contributed by atoms with Crippen LogP contribution >= 0.6 is 11.6 Å². The highest BCUT2D eigenvalue weighted by Gasteiger charge is 2.09. The second-order valence-electron chi connectivity index (χ2n) is 7.59. The van der Waals surface area contributed by atoms with Crippen molar-refractivity contribution in [3.63, 3.8) is 0 Å². The molecular formula is C27H22ClN3O2. The summed E-state index contributed by atoms with van der Waals surface area (Å²) < 4.78 is 0. The van der Waals surface area contributed by atoms with Gasteiger partial charge in [0.1, 0.15) is 0 Å². The van der Waals surface area contributed by atoms with E-state index < -0.39 is 0 Å². The van der Waals surface area contributed by atoms with Crippen molar-refractivity contribution in [3.8, 4) is 0 Å². The molecule has 0 fully saturated rings. The predicted octanol–water partition coefficient (Wildman–Crippen LogP) is 5.83. The Morgan fingerprint density at radius 3 is 2.39 bits per heavy atom. The zero-order valence-electron chi connectivity index (χ0n) is 18.0. The fourth-order valence-corrected chi connectivity index (χ4v) is 3.62. The van der Waals surface area contributed by atoms with E-state index in [1.165, 1.54) is 0 Å². The number of anilines is 1. The number of hydrogen-bond donors (Lipinski definition) is 2. The van der Waals surface area contributed by atoms with Crippen molar-refractivity contribution in [1.29, 1.82) is 0 Å². The molecule has 0 unspecified atom stereocenters. The fourth-order valence-electron chi connectivity index (χ4n) is 3.50. The summed E-state index contributed by atoms with van der Waals surface area (Å²) in [7, 11) is 0. The van der Waals surface area contributed by atoms with Crippen molar-refractivity contribution in [2.45, 2.75) is 13.3 Å². The van der Waals surface area contributed by atoms with Crippen molar-refractivity contribution >= 4 is 45.6 Å². The third-order valence-corrected chi connectivity index (χ3v) is 5.48. The Hall–Kier alpha value is -3.96. The van der Waals surface area contributed by atoms with Crippen LogP contribution < -0.4 is 10.7 Å². The van der Waals surface area contributed by atoms with Gasteiger partial charge in [0.2, 0.25) is 5.91 Å². The Kier molecular flexibility index (Phi) is 6.81. The molecule has 33 heavy (non-hydrogen) atoms. The van der Waals surface area contributed by atoms with Crippen LogP contribution in [0.5, 0.6) is 0 Å². The smallest absolute Gasteiger partial charge is 0.255 e. The summed E-state index contributed by atoms with van der Waals surface area (Å²) in [4.78, 5) is 24.9. The molecule has 0 aliphatic carbocycles. The summed E-state index contributed by atoms with van der Waals surface area (Å²) in [6.07, 6.45) is 0.231. The number of halogens is 1. The highest BCUT2D eigenvalue weighted by Crippen LogP contribution is 2.19. The van der Waals surface area contributed by atoms with Crippen LogP contribution in [0.15, 0.2) is 96.1 Å². The van der Waals surface area contributed by atoms with E-state index in [1.54, 1.807) is 37.3 Å². The Bertz CT molecular complexity index is 1340. The van der Waals surface area contributed by atoms with Gasteiger partial charge < -0.3 is 5.32 Å². The zero-order valence-corrected chi connectivity index (χ0v) is 18.8. The van der Waals surface area contributed by atoms with E-state index in [9.17, 15) is 9.59 Å². The van der Waals surface area contributed by atoms with Crippen LogP contribution in [0.3, 0.4) is 0 Å². The molecule has 0 radical (unpaired) electrons. The average molecular weight is 456 g/mol. The molecule has 6 heteroatoms. The van der Waals surface area contributed by atoms with E-state index >= 15 is 0 Å². The molecule has 0 aromatic heterocycles. The minimum Gasteiger partial charge on any atom is -0.322 e. The number of benzene rings is 4. The van der Waals surface area contributed by atoms with E-state index in [-0.39, 0.29) is 18.2 Å². The van der Waals surface area contributed by atoms with Crippen LogP contribution in [0.4, 0.5) is 5.69 Å². The summed E-state index contributed by atoms with van der Waals surface area (Å²) in [6.45, 7) is 1.80. The summed E-state index contributed by atoms with van der Waals surface area (Å²) >= 11 is 5.88. The van der Waals surface area contributed by atoms with E-state index in [1.807, 2.05) is 60.7 Å². The summed E-state index contributed by atoms with van der Waals surface area (Å²) in [5, 5.41) is 9.84. The highest BCUT2D eigenvalue weighted by atomic mass is 35.5. The summed E-state index contributed by atoms with van der Waals surface area (Å²) in [5.41, 5.74) is 6.14. The van der Waals surface area contributed by atoms with Crippen LogP contribution in [0, 0.1) is 0 Å². The summed E-state index contributed by atoms with van der Waals surface area (Å²) in [6, 6.07) is 27.9. The van der Waals surface area contributed by atoms with Crippen LogP contribution in [0.1, 0.15) is 28.4 Å². The molecule has 2 amide bonds. The summed E-state index contributed by atoms with van der Waals surface area (Å²) in [5.74, 6) is -0.431. The molecule has 164 valence electrons. The molecule has 4 aromatic carbocycles. The Morgan fingerprint density at radius 1 is 0.848 bits per heavy atom. The number of hydrazone groups is 1. The second-order valence-corrected chi connectivity index (χ2v) is 8.03. The number of rotatable bonds is 6. The molecule has 0 aliphatic rings. The van der Waals surface area contributed by atoms with Crippen LogP contribution in [0.25, 0.3) is 10.8 Å². The van der Waals surface area contributed by atoms with Crippen molar-refractivity contribution in [2.24, 2.45) is 5.10 Å². The normalized spacial score (nSPS) is 11.3. The van der Waals surface area contributed by atoms with Gasteiger partial charge in [-0.25, -0.2) is 5.43 Å². The lowest BCUT2D eigenvalue weighted by atomic mass is 10.0. The number of carbonyl (C=O) groups is 2. The minimum atomic E-state index is -0.234. The third-order valence-electron chi connectivity index (χ3n) is 5.22. The highest BCUT2D eigenvalue weighted by molar-refractivity contribution is 6.30. The first-order valence-corrected chi connectivity index (χ1v) is 10.8. The number of fused-ring (bicyclic) bond motifs is 1. The number of hydrogen-bond acceptors (Lipinski definition) is 3. The van der Waals surface area contributed by atoms with Gasteiger partial charge in [0.25, 0.3) is 5.91 Å². The van der Waals surface area contributed by atoms with Gasteiger partial charge in [-0.1, -0.05) is 66.2 Å². The number of amides is 2. The molecule has 5 nitrogen and oxygen atoms in total. The van der Waals surface area contributed by atoms with Gasteiger partial charge in [-0.05, 0) is 65.2 Å². The van der Waals surface area contributed by atoms with Crippen molar-refractivity contribution in [2.75, 3.05) is 5.32 Å². The van der Waals surface area contributed by atoms with Gasteiger partial charge in [-0.15, -0.1) is 0 Å². The first kappa shape index (κ1) is 22.2. The molecule has 0 spiro atoms. The van der Waals surface area contributed by atoms with Crippen molar-refractivity contribution < 1.29 is 9.59 Å². The van der Waals surface area contributed by atoms with Crippen molar-refractivity contribution in [1.82, 2.24) is 5.43 Å². The number of nitrogens with zero attached hydrogens (tertiary/aromatic N) is 1. The molecule has 2 N–H and O–H groups in total. The molecule has 0 bridgehead atoms. The molecule has 0 heterocycles. The lowest BCUT2D eigenvalue weighted by Crippen LogP contribution is -2.21. The van der Waals surface area contributed by atoms with Crippen LogP contribution in [-0.2, 0) is 11.2 Å². The average Bonchev–Trinajstić information content (AvgIpc) is 2.83. The lowest BCUT2D eigenvalue weighted by Gasteiger charge is -2.09. The van der Waals surface area contributed by atoms with Gasteiger partial charge >= 0.3 is 0 Å². The number of carbonyl (C=O) groups excluding carboxylic acids is 2. The van der Waals surface area contributed by atoms with Gasteiger partial charge in [0.15, 0.2) is 0 Å². The largest absolute Gasteiger partial charge is 0.322 e. The molecule has 0 atom stereocenters. The molecule has 0 saturated carbocycles. The van der Waals surface area contributed by atoms with Crippen LogP contribution in [0.2, 0.25) is 5.02 Å². The second kappa shape index (κ2) is 10.1. The SMILES string of the molecule is CC(=NNC(=O)Cc1cccc2ccccc12)c1cccc(NC(=O)c2ccc(Cl)cc2)c1. The maximum Gasteiger partial charge on any atom is 0.255 e. The van der Waals surface area contributed by atoms with Gasteiger partial charge in [-0.3, -0.25) is 9.59 Å². The number of nitrogens with one attached hydrogen (secondary N) is 2. The maximum absolute atomic E-state index is 12.5. The van der Waals surface area contributed by atoms with E-state index in [4.69, 9.17) is 11.6 Å². The Morgan fingerprint density at radius 2 is 1.58 bits per heavy atom. The Labute approximate surface area is 197 Å². The first-order valence-electron chi connectivity index (χ1n) is 10.5. The zero-order chi connectivity index (χ0) is 23.2. The van der Waals surface area contributed by atoms with E-state index in [2.05, 4.69) is 15.8 Å². The molecule has 0 saturated heterocycles. The first-order chi connectivity index (χ1) is 16.0. The molecule has 4 rings (SSSR count). The predicted molar refractivity (Wildman–Crippen MR) is 134 cm³/mol. The van der Waals surface area contributed by atoms with Gasteiger partial charge in [0, 0.05) is 16.3 Å². The van der Waals surface area contributed by atoms with E-state index in [0.29, 0.717) is 22.0 Å². The molecule has 4 aromatic rings. The molecule has 0 aliphatic heterocycles. The minimum absolute atomic E-state index is 0.196. The third kappa shape index (κ3) is 5.64. The molecular weight excluding hydrogens is 434 g/mol. The van der Waals surface area contributed by atoms with Crippen LogP contribution in [-0.4, -0.2) is 17.5 Å². The van der Waals surface area contributed by atoms with E-state index in [0.717, 1.165) is 21.9 Å². The quantitative estimate of drug-likeness (QED) is 0.283. The van der Waals surface area contributed by atoms with Gasteiger partial charge in [0.05, 0.1) is 12.1 Å². The topological polar surface area (TPSA) is 70.6 Å². The van der Waals surface area contributed by atoms with Crippen molar-refractivity contribution in [3.05, 3.63) is 113 Å². The standard InChI is InChI=1S/C27H22ClN3O2/c1-18(30-31-26(32)17-22-9-4-7-19-6-2-3-11-25(19)22)21-8-5-10-24(16-21)29-27(33)20-12-14-23(28)15-13-20/h2-16H,17H2,1H3,(H,29,33)(H,31,32). The maximum atomic E-state index is 12.5. The fraction of sp³-hybridized carbons (Fsp3) is 0.0741. The van der Waals surface area contributed by atoms with Gasteiger partial charge in [-0.2, -0.15) is 5.10 Å². The monoisotopic (exact) mass is 455 g/mol. The Balaban J connectivity index is 1.41. The lowest BCUT2D eigenvalue weighted by molar-refractivity contribution is -0.120.